The summed E-state index contributed by atoms with van der Waals surface area (Å²) in [5.41, 5.74) is 3.38. The van der Waals surface area contributed by atoms with E-state index in [1.54, 1.807) is 6.92 Å². The molecule has 34 heavy (non-hydrogen) atoms. The molecule has 2 aromatic rings. The van der Waals surface area contributed by atoms with E-state index >= 15 is 0 Å². The molecule has 182 valence electrons. The number of hydrogen-bond acceptors (Lipinski definition) is 4. The molecular weight excluding hydrogens is 432 g/mol. The molecule has 7 heteroatoms. The molecule has 0 radical (unpaired) electrons. The Morgan fingerprint density at radius 1 is 1.03 bits per heavy atom. The van der Waals surface area contributed by atoms with E-state index < -0.39 is 17.6 Å². The van der Waals surface area contributed by atoms with Crippen LogP contribution in [0.15, 0.2) is 48.5 Å². The Morgan fingerprint density at radius 3 is 2.15 bits per heavy atom. The van der Waals surface area contributed by atoms with Gasteiger partial charge in [-0.05, 0) is 48.4 Å². The summed E-state index contributed by atoms with van der Waals surface area (Å²) < 4.78 is 5.63. The van der Waals surface area contributed by atoms with E-state index in [-0.39, 0.29) is 30.9 Å². The van der Waals surface area contributed by atoms with Gasteiger partial charge in [-0.15, -0.1) is 0 Å². The zero-order valence-electron chi connectivity index (χ0n) is 20.1. The first-order valence-electron chi connectivity index (χ1n) is 11.9. The monoisotopic (exact) mass is 466 g/mol. The minimum absolute atomic E-state index is 0.0247. The van der Waals surface area contributed by atoms with Gasteiger partial charge >= 0.3 is 12.1 Å². The van der Waals surface area contributed by atoms with Gasteiger partial charge < -0.3 is 20.5 Å². The number of fused-ring (bicyclic) bond motifs is 3. The maximum Gasteiger partial charge on any atom is 0.408 e. The number of aliphatic carboxylic acids is 1. The van der Waals surface area contributed by atoms with Crippen LogP contribution in [0.5, 0.6) is 0 Å². The number of carboxylic acids is 1. The van der Waals surface area contributed by atoms with Gasteiger partial charge in [-0.25, -0.2) is 4.79 Å². The number of nitrogens with one attached hydrogen (secondary N) is 2. The molecular formula is C27H34N2O5. The highest BCUT2D eigenvalue weighted by Crippen LogP contribution is 2.44. The Morgan fingerprint density at radius 2 is 1.62 bits per heavy atom. The molecule has 2 unspecified atom stereocenters. The van der Waals surface area contributed by atoms with Gasteiger partial charge in [0.25, 0.3) is 0 Å². The molecule has 1 aliphatic rings. The SMILES string of the molecule is CCCC(C)(NC(=O)OCC1c2ccccc2-c2ccccc21)C(=O)NC(CC)CCC(=O)O. The van der Waals surface area contributed by atoms with Crippen LogP contribution in [0.1, 0.15) is 69.9 Å². The van der Waals surface area contributed by atoms with Crippen LogP contribution in [0.2, 0.25) is 0 Å². The molecule has 0 fully saturated rings. The highest BCUT2D eigenvalue weighted by molar-refractivity contribution is 5.89. The van der Waals surface area contributed by atoms with Gasteiger partial charge in [0.15, 0.2) is 0 Å². The Bertz CT molecular complexity index is 992. The largest absolute Gasteiger partial charge is 0.481 e. The second-order valence-corrected chi connectivity index (χ2v) is 9.04. The number of carbonyl (C=O) groups is 3. The highest BCUT2D eigenvalue weighted by atomic mass is 16.5. The number of carboxylic acid groups (broad SMARTS) is 1. The second kappa shape index (κ2) is 11.2. The Hall–Kier alpha value is -3.35. The van der Waals surface area contributed by atoms with Gasteiger partial charge in [0.2, 0.25) is 5.91 Å². The van der Waals surface area contributed by atoms with Crippen LogP contribution in [0, 0.1) is 0 Å². The van der Waals surface area contributed by atoms with Gasteiger partial charge in [-0.3, -0.25) is 9.59 Å². The Labute approximate surface area is 200 Å². The summed E-state index contributed by atoms with van der Waals surface area (Å²) in [6.45, 7) is 5.67. The first kappa shape index (κ1) is 25.3. The number of rotatable bonds is 11. The van der Waals surface area contributed by atoms with Crippen molar-refractivity contribution in [1.29, 1.82) is 0 Å². The van der Waals surface area contributed by atoms with E-state index in [0.29, 0.717) is 25.7 Å². The molecule has 0 saturated carbocycles. The van der Waals surface area contributed by atoms with Crippen LogP contribution >= 0.6 is 0 Å². The predicted molar refractivity (Wildman–Crippen MR) is 131 cm³/mol. The van der Waals surface area contributed by atoms with E-state index in [1.165, 1.54) is 0 Å². The third-order valence-corrected chi connectivity index (χ3v) is 6.51. The molecule has 0 bridgehead atoms. The smallest absolute Gasteiger partial charge is 0.408 e. The summed E-state index contributed by atoms with van der Waals surface area (Å²) in [6.07, 6.45) is 1.38. The van der Waals surface area contributed by atoms with Crippen molar-refractivity contribution in [3.63, 3.8) is 0 Å². The zero-order valence-corrected chi connectivity index (χ0v) is 20.1. The number of hydrogen-bond donors (Lipinski definition) is 3. The summed E-state index contributed by atoms with van der Waals surface area (Å²) in [6, 6.07) is 15.9. The van der Waals surface area contributed by atoms with Crippen molar-refractivity contribution in [2.75, 3.05) is 6.61 Å². The van der Waals surface area contributed by atoms with E-state index in [1.807, 2.05) is 38.1 Å². The summed E-state index contributed by atoms with van der Waals surface area (Å²) >= 11 is 0. The maximum absolute atomic E-state index is 13.1. The van der Waals surface area contributed by atoms with E-state index in [9.17, 15) is 14.4 Å². The molecule has 0 spiro atoms. The number of carbonyl (C=O) groups excluding carboxylic acids is 2. The van der Waals surface area contributed by atoms with Gasteiger partial charge in [0, 0.05) is 18.4 Å². The lowest BCUT2D eigenvalue weighted by Crippen LogP contribution is -2.58. The minimum Gasteiger partial charge on any atom is -0.481 e. The minimum atomic E-state index is -1.16. The fraction of sp³-hybridized carbons (Fsp3) is 0.444. The summed E-state index contributed by atoms with van der Waals surface area (Å²) in [5.74, 6) is -1.30. The summed E-state index contributed by atoms with van der Waals surface area (Å²) in [7, 11) is 0. The number of benzene rings is 2. The molecule has 0 aromatic heterocycles. The number of alkyl carbamates (subject to hydrolysis) is 1. The molecule has 2 amide bonds. The maximum atomic E-state index is 13.1. The standard InChI is InChI=1S/C27H34N2O5/c1-4-16-27(3,25(32)28-18(5-2)14-15-24(30)31)29-26(33)34-17-23-21-12-8-6-10-19(21)20-11-7-9-13-22(20)23/h6-13,18,23H,4-5,14-17H2,1-3H3,(H,28,32)(H,29,33)(H,30,31). The molecule has 3 N–H and O–H groups in total. The van der Waals surface area contributed by atoms with Crippen molar-refractivity contribution in [3.05, 3.63) is 59.7 Å². The third-order valence-electron chi connectivity index (χ3n) is 6.51. The van der Waals surface area contributed by atoms with Crippen molar-refractivity contribution in [1.82, 2.24) is 10.6 Å². The molecule has 3 rings (SSSR count). The molecule has 0 saturated heterocycles. The van der Waals surface area contributed by atoms with Crippen molar-refractivity contribution in [2.24, 2.45) is 0 Å². The fourth-order valence-corrected chi connectivity index (χ4v) is 4.61. The molecule has 7 nitrogen and oxygen atoms in total. The first-order chi connectivity index (χ1) is 16.3. The third kappa shape index (κ3) is 5.76. The van der Waals surface area contributed by atoms with Gasteiger partial charge in [-0.1, -0.05) is 68.8 Å². The van der Waals surface area contributed by atoms with E-state index in [2.05, 4.69) is 34.9 Å². The lowest BCUT2D eigenvalue weighted by molar-refractivity contribution is -0.137. The van der Waals surface area contributed by atoms with Crippen molar-refractivity contribution >= 4 is 18.0 Å². The summed E-state index contributed by atoms with van der Waals surface area (Å²) in [4.78, 5) is 36.8. The van der Waals surface area contributed by atoms with Crippen LogP contribution in [0.25, 0.3) is 11.1 Å². The summed E-state index contributed by atoms with van der Waals surface area (Å²) in [5, 5.41) is 14.6. The number of amides is 2. The normalized spacial score (nSPS) is 14.9. The molecule has 0 heterocycles. The van der Waals surface area contributed by atoms with Gasteiger partial charge in [0.05, 0.1) is 0 Å². The van der Waals surface area contributed by atoms with Crippen molar-refractivity contribution < 1.29 is 24.2 Å². The Balaban J connectivity index is 1.66. The highest BCUT2D eigenvalue weighted by Gasteiger charge is 2.36. The van der Waals surface area contributed by atoms with Crippen LogP contribution < -0.4 is 10.6 Å². The molecule has 2 atom stereocenters. The van der Waals surface area contributed by atoms with Crippen LogP contribution in [-0.4, -0.2) is 41.3 Å². The lowest BCUT2D eigenvalue weighted by Gasteiger charge is -2.31. The van der Waals surface area contributed by atoms with Crippen LogP contribution in [0.4, 0.5) is 4.79 Å². The number of ether oxygens (including phenoxy) is 1. The van der Waals surface area contributed by atoms with Crippen molar-refractivity contribution in [3.8, 4) is 11.1 Å². The molecule has 0 aliphatic heterocycles. The topological polar surface area (TPSA) is 105 Å². The predicted octanol–water partition coefficient (Wildman–Crippen LogP) is 4.84. The Kier molecular flexibility index (Phi) is 8.31. The van der Waals surface area contributed by atoms with Crippen LogP contribution in [-0.2, 0) is 14.3 Å². The molecule has 2 aromatic carbocycles. The first-order valence-corrected chi connectivity index (χ1v) is 11.9. The van der Waals surface area contributed by atoms with Gasteiger partial charge in [0.1, 0.15) is 12.1 Å². The second-order valence-electron chi connectivity index (χ2n) is 9.04. The van der Waals surface area contributed by atoms with Crippen LogP contribution in [0.3, 0.4) is 0 Å². The lowest BCUT2D eigenvalue weighted by atomic mass is 9.94. The zero-order chi connectivity index (χ0) is 24.7. The van der Waals surface area contributed by atoms with Crippen molar-refractivity contribution in [2.45, 2.75) is 70.4 Å². The van der Waals surface area contributed by atoms with E-state index in [4.69, 9.17) is 9.84 Å². The fourth-order valence-electron chi connectivity index (χ4n) is 4.61. The molecule has 1 aliphatic carbocycles. The average Bonchev–Trinajstić information content (AvgIpc) is 3.14. The van der Waals surface area contributed by atoms with Gasteiger partial charge in [-0.2, -0.15) is 0 Å². The quantitative estimate of drug-likeness (QED) is 0.439. The van der Waals surface area contributed by atoms with E-state index in [0.717, 1.165) is 22.3 Å². The average molecular weight is 467 g/mol.